The number of carbonyl (C=O) groups is 1. The van der Waals surface area contributed by atoms with Crippen LogP contribution in [0.1, 0.15) is 44.4 Å². The second kappa shape index (κ2) is 9.84. The molecule has 2 aromatic carbocycles. The highest BCUT2D eigenvalue weighted by Crippen LogP contribution is 2.24. The molecule has 0 unspecified atom stereocenters. The second-order valence-electron chi connectivity index (χ2n) is 7.87. The number of ether oxygens (including phenoxy) is 1. The molecule has 0 radical (unpaired) electrons. The summed E-state index contributed by atoms with van der Waals surface area (Å²) in [6.07, 6.45) is -0.507. The number of nitrogens with one attached hydrogen (secondary N) is 1. The van der Waals surface area contributed by atoms with E-state index in [1.807, 2.05) is 23.9 Å². The second-order valence-corrected chi connectivity index (χ2v) is 8.97. The van der Waals surface area contributed by atoms with Crippen molar-refractivity contribution >= 4 is 17.7 Å². The van der Waals surface area contributed by atoms with E-state index in [4.69, 9.17) is 4.74 Å². The Morgan fingerprint density at radius 2 is 1.85 bits per heavy atom. The van der Waals surface area contributed by atoms with E-state index in [-0.39, 0.29) is 11.3 Å². The van der Waals surface area contributed by atoms with Gasteiger partial charge in [0, 0.05) is 18.1 Å². The lowest BCUT2D eigenvalue weighted by Crippen LogP contribution is -2.37. The van der Waals surface area contributed by atoms with Crippen molar-refractivity contribution in [2.75, 3.05) is 12.3 Å². The molecule has 2 rings (SSSR count). The Bertz CT molecular complexity index is 735. The number of thioether (sulfide) groups is 1. The quantitative estimate of drug-likeness (QED) is 0.642. The minimum absolute atomic E-state index is 0.0777. The highest BCUT2D eigenvalue weighted by molar-refractivity contribution is 7.98. The van der Waals surface area contributed by atoms with Crippen LogP contribution in [0, 0.1) is 6.92 Å². The van der Waals surface area contributed by atoms with E-state index in [2.05, 4.69) is 69.4 Å². The van der Waals surface area contributed by atoms with E-state index in [0.29, 0.717) is 6.54 Å². The van der Waals surface area contributed by atoms with Crippen molar-refractivity contribution in [1.82, 2.24) is 5.32 Å². The summed E-state index contributed by atoms with van der Waals surface area (Å²) in [4.78, 5) is 12.2. The molecule has 27 heavy (non-hydrogen) atoms. The third kappa shape index (κ3) is 7.30. The first kappa shape index (κ1) is 21.4. The Kier molecular flexibility index (Phi) is 7.78. The molecule has 1 atom stereocenters. The average molecular weight is 386 g/mol. The fourth-order valence-corrected chi connectivity index (χ4v) is 3.48. The van der Waals surface area contributed by atoms with E-state index in [0.717, 1.165) is 17.3 Å². The maximum Gasteiger partial charge on any atom is 0.260 e. The van der Waals surface area contributed by atoms with Crippen molar-refractivity contribution in [2.24, 2.45) is 0 Å². The molecular weight excluding hydrogens is 354 g/mol. The molecule has 0 saturated heterocycles. The summed E-state index contributed by atoms with van der Waals surface area (Å²) in [6.45, 7) is 11.1. The minimum atomic E-state index is -0.507. The van der Waals surface area contributed by atoms with Gasteiger partial charge in [-0.15, -0.1) is 0 Å². The molecule has 0 fully saturated rings. The van der Waals surface area contributed by atoms with Gasteiger partial charge < -0.3 is 10.1 Å². The van der Waals surface area contributed by atoms with Crippen molar-refractivity contribution in [3.8, 4) is 5.75 Å². The summed E-state index contributed by atoms with van der Waals surface area (Å²) in [5.74, 6) is 2.49. The fraction of sp³-hybridized carbons (Fsp3) is 0.435. The molecule has 3 nitrogen and oxygen atoms in total. The zero-order chi connectivity index (χ0) is 19.9. The van der Waals surface area contributed by atoms with E-state index >= 15 is 0 Å². The zero-order valence-corrected chi connectivity index (χ0v) is 17.9. The third-order valence-electron chi connectivity index (χ3n) is 4.30. The average Bonchev–Trinajstić information content (AvgIpc) is 2.61. The molecule has 146 valence electrons. The minimum Gasteiger partial charge on any atom is -0.481 e. The molecule has 1 amide bonds. The van der Waals surface area contributed by atoms with Gasteiger partial charge in [0.1, 0.15) is 5.75 Å². The Hall–Kier alpha value is -1.94. The van der Waals surface area contributed by atoms with Crippen molar-refractivity contribution in [1.29, 1.82) is 0 Å². The van der Waals surface area contributed by atoms with Crippen LogP contribution >= 0.6 is 11.8 Å². The lowest BCUT2D eigenvalue weighted by Gasteiger charge is -2.20. The first-order valence-corrected chi connectivity index (χ1v) is 10.6. The lowest BCUT2D eigenvalue weighted by molar-refractivity contribution is -0.127. The number of carbonyl (C=O) groups excluding carboxylic acids is 1. The van der Waals surface area contributed by atoms with Gasteiger partial charge in [-0.1, -0.05) is 62.7 Å². The van der Waals surface area contributed by atoms with Gasteiger partial charge >= 0.3 is 0 Å². The van der Waals surface area contributed by atoms with Gasteiger partial charge in [-0.25, -0.2) is 0 Å². The SMILES string of the molecule is Cc1cccc(CSCCNC(=O)[C@H](C)Oc2ccc(C(C)(C)C)cc2)c1. The molecule has 0 aliphatic rings. The van der Waals surface area contributed by atoms with Crippen LogP contribution < -0.4 is 10.1 Å². The summed E-state index contributed by atoms with van der Waals surface area (Å²) in [6, 6.07) is 16.5. The van der Waals surface area contributed by atoms with Gasteiger partial charge in [-0.2, -0.15) is 11.8 Å². The highest BCUT2D eigenvalue weighted by atomic mass is 32.2. The van der Waals surface area contributed by atoms with E-state index < -0.39 is 6.10 Å². The molecule has 0 bridgehead atoms. The van der Waals surface area contributed by atoms with Gasteiger partial charge in [0.2, 0.25) is 0 Å². The van der Waals surface area contributed by atoms with Gasteiger partial charge in [-0.3, -0.25) is 4.79 Å². The predicted molar refractivity (Wildman–Crippen MR) is 116 cm³/mol. The van der Waals surface area contributed by atoms with Crippen LogP contribution in [0.25, 0.3) is 0 Å². The van der Waals surface area contributed by atoms with Crippen LogP contribution in [0.15, 0.2) is 48.5 Å². The molecule has 0 heterocycles. The number of aryl methyl sites for hydroxylation is 1. The summed E-state index contributed by atoms with van der Waals surface area (Å²) < 4.78 is 5.76. The molecule has 2 aromatic rings. The van der Waals surface area contributed by atoms with Crippen molar-refractivity contribution in [2.45, 2.75) is 51.9 Å². The predicted octanol–water partition coefficient (Wildman–Crippen LogP) is 5.11. The molecule has 4 heteroatoms. The topological polar surface area (TPSA) is 38.3 Å². The summed E-state index contributed by atoms with van der Waals surface area (Å²) in [5.41, 5.74) is 3.96. The van der Waals surface area contributed by atoms with Crippen molar-refractivity contribution in [3.63, 3.8) is 0 Å². The van der Waals surface area contributed by atoms with E-state index in [1.165, 1.54) is 16.7 Å². The summed E-state index contributed by atoms with van der Waals surface area (Å²) in [5, 5.41) is 2.95. The van der Waals surface area contributed by atoms with E-state index in [9.17, 15) is 4.79 Å². The first-order valence-electron chi connectivity index (χ1n) is 9.44. The Morgan fingerprint density at radius 1 is 1.15 bits per heavy atom. The third-order valence-corrected chi connectivity index (χ3v) is 5.33. The van der Waals surface area contributed by atoms with Gasteiger partial charge in [-0.05, 0) is 42.5 Å². The van der Waals surface area contributed by atoms with Gasteiger partial charge in [0.25, 0.3) is 5.91 Å². The monoisotopic (exact) mass is 385 g/mol. The van der Waals surface area contributed by atoms with Gasteiger partial charge in [0.15, 0.2) is 6.10 Å². The summed E-state index contributed by atoms with van der Waals surface area (Å²) >= 11 is 1.82. The molecule has 0 aliphatic heterocycles. The van der Waals surface area contributed by atoms with Crippen LogP contribution in [0.5, 0.6) is 5.75 Å². The molecular formula is C23H31NO2S. The van der Waals surface area contributed by atoms with E-state index in [1.54, 1.807) is 6.92 Å². The standard InChI is InChI=1S/C23H31NO2S/c1-17-7-6-8-19(15-17)16-27-14-13-24-22(25)18(2)26-21-11-9-20(10-12-21)23(3,4)5/h6-12,15,18H,13-14,16H2,1-5H3,(H,24,25)/t18-/m0/s1. The highest BCUT2D eigenvalue weighted by Gasteiger charge is 2.16. The van der Waals surface area contributed by atoms with Crippen LogP contribution in [0.4, 0.5) is 0 Å². The molecule has 0 aliphatic carbocycles. The maximum atomic E-state index is 12.2. The molecule has 0 aromatic heterocycles. The number of benzene rings is 2. The molecule has 1 N–H and O–H groups in total. The smallest absolute Gasteiger partial charge is 0.260 e. The van der Waals surface area contributed by atoms with Crippen LogP contribution in [-0.4, -0.2) is 24.3 Å². The number of rotatable bonds is 8. The van der Waals surface area contributed by atoms with Crippen LogP contribution in [0.3, 0.4) is 0 Å². The Morgan fingerprint density at radius 3 is 2.48 bits per heavy atom. The van der Waals surface area contributed by atoms with Gasteiger partial charge in [0.05, 0.1) is 0 Å². The Balaban J connectivity index is 1.69. The maximum absolute atomic E-state index is 12.2. The zero-order valence-electron chi connectivity index (χ0n) is 17.0. The fourth-order valence-electron chi connectivity index (χ4n) is 2.67. The lowest BCUT2D eigenvalue weighted by atomic mass is 9.87. The van der Waals surface area contributed by atoms with Crippen molar-refractivity contribution < 1.29 is 9.53 Å². The van der Waals surface area contributed by atoms with Crippen molar-refractivity contribution in [3.05, 3.63) is 65.2 Å². The first-order chi connectivity index (χ1) is 12.8. The number of amides is 1. The number of hydrogen-bond donors (Lipinski definition) is 1. The summed E-state index contributed by atoms with van der Waals surface area (Å²) in [7, 11) is 0. The molecule has 0 spiro atoms. The Labute approximate surface area is 167 Å². The number of hydrogen-bond acceptors (Lipinski definition) is 3. The van der Waals surface area contributed by atoms with Crippen LogP contribution in [-0.2, 0) is 16.0 Å². The molecule has 0 saturated carbocycles. The van der Waals surface area contributed by atoms with Crippen LogP contribution in [0.2, 0.25) is 0 Å². The largest absolute Gasteiger partial charge is 0.481 e. The normalized spacial score (nSPS) is 12.5.